The van der Waals surface area contributed by atoms with Gasteiger partial charge in [0.1, 0.15) is 0 Å². The van der Waals surface area contributed by atoms with Gasteiger partial charge >= 0.3 is 5.97 Å². The predicted molar refractivity (Wildman–Crippen MR) is 379 cm³/mol. The van der Waals surface area contributed by atoms with Crippen molar-refractivity contribution in [2.75, 3.05) is 13.2 Å². The standard InChI is InChI=1S/C80H153NO5/c1-3-5-7-9-11-13-15-17-19-21-22-23-24-31-34-37-41-44-48-52-56-60-64-68-72-78(83)77(76-82)81-79(84)73-69-65-61-57-53-49-45-42-38-35-32-29-27-25-26-28-30-33-36-39-43-47-51-55-59-63-67-71-75-86-80(85)74-70-66-62-58-54-50-46-40-20-18-16-14-12-10-8-6-4-2/h12,14,18,20,25-26,77-78,82-83H,3-11,13,15-17,19,21-24,27-76H2,1-2H3,(H,81,84)/b14-12-,20-18-,26-25-. The van der Waals surface area contributed by atoms with Gasteiger partial charge in [0.05, 0.1) is 25.4 Å². The SMILES string of the molecule is CCCCC/C=C\C/C=C\CCCCCCCCCC(=O)OCCCCCCCCCCCCCC/C=C\CCCCCCCCCCCCCCC(=O)NC(CO)C(O)CCCCCCCCCCCCCCCCCCCCCCCCCC. The van der Waals surface area contributed by atoms with Crippen LogP contribution < -0.4 is 5.32 Å². The van der Waals surface area contributed by atoms with Gasteiger partial charge in [0, 0.05) is 12.8 Å². The Bertz CT molecular complexity index is 1390. The van der Waals surface area contributed by atoms with E-state index < -0.39 is 12.1 Å². The summed E-state index contributed by atoms with van der Waals surface area (Å²) in [4.78, 5) is 24.7. The molecule has 0 aliphatic carbocycles. The Morgan fingerprint density at radius 2 is 0.581 bits per heavy atom. The van der Waals surface area contributed by atoms with Gasteiger partial charge < -0.3 is 20.3 Å². The van der Waals surface area contributed by atoms with E-state index >= 15 is 0 Å². The summed E-state index contributed by atoms with van der Waals surface area (Å²) in [6.07, 6.45) is 97.9. The van der Waals surface area contributed by atoms with E-state index in [4.69, 9.17) is 4.74 Å². The molecule has 0 aliphatic rings. The van der Waals surface area contributed by atoms with Gasteiger partial charge in [0.2, 0.25) is 5.91 Å². The van der Waals surface area contributed by atoms with Crippen LogP contribution in [0.2, 0.25) is 0 Å². The molecule has 6 heteroatoms. The van der Waals surface area contributed by atoms with Crippen LogP contribution in [-0.2, 0) is 14.3 Å². The molecule has 3 N–H and O–H groups in total. The zero-order valence-corrected chi connectivity index (χ0v) is 58.3. The Labute approximate surface area is 538 Å². The molecule has 0 radical (unpaired) electrons. The molecule has 6 nitrogen and oxygen atoms in total. The highest BCUT2D eigenvalue weighted by molar-refractivity contribution is 5.76. The maximum atomic E-state index is 12.6. The summed E-state index contributed by atoms with van der Waals surface area (Å²) in [7, 11) is 0. The van der Waals surface area contributed by atoms with Crippen LogP contribution in [0.25, 0.3) is 0 Å². The van der Waals surface area contributed by atoms with Crippen LogP contribution in [-0.4, -0.2) is 47.4 Å². The predicted octanol–water partition coefficient (Wildman–Crippen LogP) is 25.8. The number of unbranched alkanes of at least 4 members (excludes halogenated alkanes) is 57. The molecule has 2 atom stereocenters. The molecule has 0 aromatic heterocycles. The third-order valence-corrected chi connectivity index (χ3v) is 18.4. The fourth-order valence-corrected chi connectivity index (χ4v) is 12.4. The molecule has 0 saturated heterocycles. The number of aliphatic hydroxyl groups is 2. The molecule has 0 aromatic rings. The van der Waals surface area contributed by atoms with Crippen molar-refractivity contribution >= 4 is 11.9 Å². The van der Waals surface area contributed by atoms with E-state index in [0.717, 1.165) is 51.4 Å². The summed E-state index contributed by atoms with van der Waals surface area (Å²) in [5.41, 5.74) is 0. The average Bonchev–Trinajstić information content (AvgIpc) is 3.53. The topological polar surface area (TPSA) is 95.9 Å². The number of rotatable bonds is 74. The van der Waals surface area contributed by atoms with E-state index in [0.29, 0.717) is 25.9 Å². The van der Waals surface area contributed by atoms with Crippen molar-refractivity contribution in [2.24, 2.45) is 0 Å². The second kappa shape index (κ2) is 75.5. The third-order valence-electron chi connectivity index (χ3n) is 18.4. The second-order valence-corrected chi connectivity index (χ2v) is 27.0. The molecule has 0 heterocycles. The molecule has 1 amide bonds. The number of nitrogens with one attached hydrogen (secondary N) is 1. The molecule has 0 rings (SSSR count). The molecule has 0 bridgehead atoms. The van der Waals surface area contributed by atoms with E-state index in [9.17, 15) is 19.8 Å². The van der Waals surface area contributed by atoms with Crippen LogP contribution in [0.1, 0.15) is 438 Å². The first kappa shape index (κ1) is 84.1. The number of carbonyl (C=O) groups excluding carboxylic acids is 2. The van der Waals surface area contributed by atoms with E-state index in [2.05, 4.69) is 55.6 Å². The maximum Gasteiger partial charge on any atom is 0.305 e. The van der Waals surface area contributed by atoms with Crippen molar-refractivity contribution in [2.45, 2.75) is 450 Å². The fraction of sp³-hybridized carbons (Fsp3) is 0.900. The second-order valence-electron chi connectivity index (χ2n) is 27.0. The molecule has 86 heavy (non-hydrogen) atoms. The lowest BCUT2D eigenvalue weighted by Gasteiger charge is -2.22. The Hall–Kier alpha value is -1.92. The van der Waals surface area contributed by atoms with E-state index in [1.807, 2.05) is 0 Å². The van der Waals surface area contributed by atoms with Gasteiger partial charge in [-0.2, -0.15) is 0 Å². The van der Waals surface area contributed by atoms with Crippen molar-refractivity contribution in [3.63, 3.8) is 0 Å². The van der Waals surface area contributed by atoms with Crippen LogP contribution >= 0.6 is 0 Å². The molecule has 508 valence electrons. The molecule has 0 fully saturated rings. The van der Waals surface area contributed by atoms with Crippen molar-refractivity contribution in [1.82, 2.24) is 5.32 Å². The van der Waals surface area contributed by atoms with Crippen LogP contribution in [0.15, 0.2) is 36.5 Å². The van der Waals surface area contributed by atoms with Gasteiger partial charge in [-0.05, 0) is 83.5 Å². The van der Waals surface area contributed by atoms with Gasteiger partial charge in [-0.15, -0.1) is 0 Å². The molecule has 2 unspecified atom stereocenters. The van der Waals surface area contributed by atoms with Gasteiger partial charge in [-0.1, -0.05) is 378 Å². The monoisotopic (exact) mass is 1210 g/mol. The summed E-state index contributed by atoms with van der Waals surface area (Å²) >= 11 is 0. The Balaban J connectivity index is 3.38. The number of amides is 1. The Morgan fingerprint density at radius 1 is 0.326 bits per heavy atom. The van der Waals surface area contributed by atoms with Crippen LogP contribution in [0.3, 0.4) is 0 Å². The van der Waals surface area contributed by atoms with Crippen molar-refractivity contribution in [3.05, 3.63) is 36.5 Å². The van der Waals surface area contributed by atoms with Gasteiger partial charge in [0.25, 0.3) is 0 Å². The number of esters is 1. The lowest BCUT2D eigenvalue weighted by atomic mass is 10.0. The van der Waals surface area contributed by atoms with Crippen molar-refractivity contribution in [1.29, 1.82) is 0 Å². The Morgan fingerprint density at radius 3 is 0.919 bits per heavy atom. The zero-order chi connectivity index (χ0) is 62.0. The summed E-state index contributed by atoms with van der Waals surface area (Å²) in [6.45, 7) is 4.97. The van der Waals surface area contributed by atoms with E-state index in [1.54, 1.807) is 0 Å². The normalized spacial score (nSPS) is 12.7. The summed E-state index contributed by atoms with van der Waals surface area (Å²) in [5.74, 6) is -0.0209. The first-order chi connectivity index (χ1) is 42.5. The fourth-order valence-electron chi connectivity index (χ4n) is 12.4. The number of carbonyl (C=O) groups is 2. The number of hydrogen-bond acceptors (Lipinski definition) is 5. The van der Waals surface area contributed by atoms with Gasteiger partial charge in [-0.25, -0.2) is 0 Å². The first-order valence-electron chi connectivity index (χ1n) is 39.2. The minimum absolute atomic E-state index is 0.00892. The highest BCUT2D eigenvalue weighted by atomic mass is 16.5. The average molecular weight is 1210 g/mol. The highest BCUT2D eigenvalue weighted by Crippen LogP contribution is 2.20. The third kappa shape index (κ3) is 71.2. The minimum Gasteiger partial charge on any atom is -0.466 e. The first-order valence-corrected chi connectivity index (χ1v) is 39.2. The quantitative estimate of drug-likeness (QED) is 0.0320. The largest absolute Gasteiger partial charge is 0.466 e. The number of aliphatic hydroxyl groups excluding tert-OH is 2. The molecule has 0 aliphatic heterocycles. The van der Waals surface area contributed by atoms with E-state index in [-0.39, 0.29) is 18.5 Å². The van der Waals surface area contributed by atoms with Crippen LogP contribution in [0, 0.1) is 0 Å². The van der Waals surface area contributed by atoms with Crippen molar-refractivity contribution < 1.29 is 24.5 Å². The molecule has 0 spiro atoms. The van der Waals surface area contributed by atoms with Crippen molar-refractivity contribution in [3.8, 4) is 0 Å². The summed E-state index contributed by atoms with van der Waals surface area (Å²) < 4.78 is 5.50. The highest BCUT2D eigenvalue weighted by Gasteiger charge is 2.20. The molecular formula is C80H153NO5. The van der Waals surface area contributed by atoms with E-state index in [1.165, 1.54) is 353 Å². The lowest BCUT2D eigenvalue weighted by Crippen LogP contribution is -2.45. The van der Waals surface area contributed by atoms with Crippen LogP contribution in [0.5, 0.6) is 0 Å². The summed E-state index contributed by atoms with van der Waals surface area (Å²) in [6, 6.07) is -0.543. The number of ether oxygens (including phenoxy) is 1. The van der Waals surface area contributed by atoms with Crippen LogP contribution in [0.4, 0.5) is 0 Å². The minimum atomic E-state index is -0.666. The van der Waals surface area contributed by atoms with Gasteiger partial charge in [-0.3, -0.25) is 9.59 Å². The summed E-state index contributed by atoms with van der Waals surface area (Å²) in [5, 5.41) is 23.5. The number of hydrogen-bond donors (Lipinski definition) is 3. The number of allylic oxidation sites excluding steroid dienone is 6. The zero-order valence-electron chi connectivity index (χ0n) is 58.3. The molecular weight excluding hydrogens is 1050 g/mol. The lowest BCUT2D eigenvalue weighted by molar-refractivity contribution is -0.143. The molecule has 0 saturated carbocycles. The molecule has 0 aromatic carbocycles. The van der Waals surface area contributed by atoms with Gasteiger partial charge in [0.15, 0.2) is 0 Å². The Kier molecular flexibility index (Phi) is 73.9. The smallest absolute Gasteiger partial charge is 0.305 e. The maximum absolute atomic E-state index is 12.6.